The first kappa shape index (κ1) is 17.2. The zero-order valence-electron chi connectivity index (χ0n) is 15.0. The molecule has 1 heterocycles. The molecule has 1 aliphatic rings. The zero-order chi connectivity index (χ0) is 18.0. The van der Waals surface area contributed by atoms with Crippen LogP contribution in [0.1, 0.15) is 23.6 Å². The second-order valence-corrected chi connectivity index (χ2v) is 6.71. The van der Waals surface area contributed by atoms with Crippen molar-refractivity contribution in [3.05, 3.63) is 65.2 Å². The van der Waals surface area contributed by atoms with E-state index in [0.717, 1.165) is 22.4 Å². The highest BCUT2D eigenvalue weighted by Crippen LogP contribution is 2.25. The number of rotatable bonds is 3. The van der Waals surface area contributed by atoms with Gasteiger partial charge in [-0.05, 0) is 43.5 Å². The highest BCUT2D eigenvalue weighted by atomic mass is 16.2. The molecule has 0 spiro atoms. The van der Waals surface area contributed by atoms with Gasteiger partial charge in [0.15, 0.2) is 0 Å². The first-order chi connectivity index (χ1) is 12.0. The van der Waals surface area contributed by atoms with E-state index in [1.54, 1.807) is 4.90 Å². The maximum absolute atomic E-state index is 12.9. The first-order valence-electron chi connectivity index (χ1n) is 8.69. The number of hydrogen-bond acceptors (Lipinski definition) is 2. The van der Waals surface area contributed by atoms with Crippen molar-refractivity contribution in [3.63, 3.8) is 0 Å². The summed E-state index contributed by atoms with van der Waals surface area (Å²) in [6.45, 7) is 6.96. The van der Waals surface area contributed by atoms with Crippen molar-refractivity contribution in [1.29, 1.82) is 0 Å². The molecule has 1 saturated heterocycles. The maximum atomic E-state index is 12.9. The lowest BCUT2D eigenvalue weighted by Crippen LogP contribution is -2.58. The van der Waals surface area contributed by atoms with Crippen LogP contribution in [0.4, 0.5) is 5.69 Å². The van der Waals surface area contributed by atoms with Crippen molar-refractivity contribution in [2.45, 2.75) is 33.2 Å². The molecule has 0 radical (unpaired) electrons. The van der Waals surface area contributed by atoms with E-state index >= 15 is 0 Å². The molecule has 2 aromatic carbocycles. The first-order valence-corrected chi connectivity index (χ1v) is 8.69. The minimum absolute atomic E-state index is 0.00710. The third-order valence-corrected chi connectivity index (χ3v) is 4.83. The molecule has 0 N–H and O–H groups in total. The van der Waals surface area contributed by atoms with Crippen LogP contribution in [0.5, 0.6) is 0 Å². The standard InChI is InChI=1S/C21H24N2O2/c1-15-9-10-16(2)19(13-15)23-12-11-22(17(3)21(23)25)20(24)14-18-7-5-4-6-8-18/h4-10,13,17H,11-12,14H2,1-3H3. The van der Waals surface area contributed by atoms with Gasteiger partial charge in [0.1, 0.15) is 6.04 Å². The Morgan fingerprint density at radius 1 is 1.08 bits per heavy atom. The fraction of sp³-hybridized carbons (Fsp3) is 0.333. The van der Waals surface area contributed by atoms with Crippen LogP contribution in [0.25, 0.3) is 0 Å². The van der Waals surface area contributed by atoms with Gasteiger partial charge in [-0.15, -0.1) is 0 Å². The van der Waals surface area contributed by atoms with Crippen LogP contribution >= 0.6 is 0 Å². The van der Waals surface area contributed by atoms with E-state index in [9.17, 15) is 9.59 Å². The fourth-order valence-electron chi connectivity index (χ4n) is 3.33. The molecule has 130 valence electrons. The minimum Gasteiger partial charge on any atom is -0.329 e. The molecule has 0 saturated carbocycles. The van der Waals surface area contributed by atoms with E-state index in [1.807, 2.05) is 74.2 Å². The van der Waals surface area contributed by atoms with Crippen molar-refractivity contribution in [1.82, 2.24) is 4.90 Å². The summed E-state index contributed by atoms with van der Waals surface area (Å²) in [5.74, 6) is -0.00553. The molecule has 4 heteroatoms. The summed E-state index contributed by atoms with van der Waals surface area (Å²) in [6.07, 6.45) is 0.335. The van der Waals surface area contributed by atoms with Crippen LogP contribution < -0.4 is 4.90 Å². The summed E-state index contributed by atoms with van der Waals surface area (Å²) in [5.41, 5.74) is 4.13. The molecule has 25 heavy (non-hydrogen) atoms. The van der Waals surface area contributed by atoms with Gasteiger partial charge in [0.2, 0.25) is 11.8 Å². The van der Waals surface area contributed by atoms with Gasteiger partial charge in [-0.1, -0.05) is 42.5 Å². The summed E-state index contributed by atoms with van der Waals surface area (Å²) in [4.78, 5) is 29.1. The number of piperazine rings is 1. The molecule has 1 unspecified atom stereocenters. The number of carbonyl (C=O) groups excluding carboxylic acids is 2. The van der Waals surface area contributed by atoms with Gasteiger partial charge in [-0.2, -0.15) is 0 Å². The lowest BCUT2D eigenvalue weighted by atomic mass is 10.1. The monoisotopic (exact) mass is 336 g/mol. The molecule has 0 aliphatic carbocycles. The van der Waals surface area contributed by atoms with E-state index in [-0.39, 0.29) is 11.8 Å². The molecule has 1 aliphatic heterocycles. The summed E-state index contributed by atoms with van der Waals surface area (Å²) in [6, 6.07) is 15.4. The Kier molecular flexibility index (Phi) is 4.88. The maximum Gasteiger partial charge on any atom is 0.249 e. The van der Waals surface area contributed by atoms with Crippen molar-refractivity contribution < 1.29 is 9.59 Å². The van der Waals surface area contributed by atoms with Crippen LogP contribution in [0.15, 0.2) is 48.5 Å². The Hall–Kier alpha value is -2.62. The van der Waals surface area contributed by atoms with Gasteiger partial charge >= 0.3 is 0 Å². The normalized spacial score (nSPS) is 17.7. The van der Waals surface area contributed by atoms with Crippen LogP contribution in [-0.4, -0.2) is 35.8 Å². The van der Waals surface area contributed by atoms with E-state index < -0.39 is 6.04 Å². The average Bonchev–Trinajstić information content (AvgIpc) is 2.60. The van der Waals surface area contributed by atoms with E-state index in [2.05, 4.69) is 0 Å². The van der Waals surface area contributed by atoms with E-state index in [4.69, 9.17) is 0 Å². The molecule has 2 amide bonds. The predicted molar refractivity (Wildman–Crippen MR) is 99.6 cm³/mol. The predicted octanol–water partition coefficient (Wildman–Crippen LogP) is 3.11. The summed E-state index contributed by atoms with van der Waals surface area (Å²) < 4.78 is 0. The lowest BCUT2D eigenvalue weighted by Gasteiger charge is -2.39. The molecular formula is C21H24N2O2. The Morgan fingerprint density at radius 3 is 2.52 bits per heavy atom. The van der Waals surface area contributed by atoms with Gasteiger partial charge in [0, 0.05) is 18.8 Å². The third kappa shape index (κ3) is 3.58. The van der Waals surface area contributed by atoms with Gasteiger partial charge < -0.3 is 9.80 Å². The van der Waals surface area contributed by atoms with Crippen molar-refractivity contribution in [2.24, 2.45) is 0 Å². The van der Waals surface area contributed by atoms with Crippen molar-refractivity contribution in [3.8, 4) is 0 Å². The molecule has 0 bridgehead atoms. The molecule has 3 rings (SSSR count). The van der Waals surface area contributed by atoms with E-state index in [1.165, 1.54) is 0 Å². The Balaban J connectivity index is 1.75. The number of amides is 2. The molecule has 4 nitrogen and oxygen atoms in total. The van der Waals surface area contributed by atoms with Crippen LogP contribution in [0.3, 0.4) is 0 Å². The highest BCUT2D eigenvalue weighted by Gasteiger charge is 2.35. The molecule has 1 atom stereocenters. The van der Waals surface area contributed by atoms with Crippen LogP contribution in [0.2, 0.25) is 0 Å². The summed E-state index contributed by atoms with van der Waals surface area (Å²) in [7, 11) is 0. The highest BCUT2D eigenvalue weighted by molar-refractivity contribution is 6.00. The molecular weight excluding hydrogens is 312 g/mol. The van der Waals surface area contributed by atoms with Gasteiger partial charge in [-0.25, -0.2) is 0 Å². The number of carbonyl (C=O) groups is 2. The number of benzene rings is 2. The third-order valence-electron chi connectivity index (χ3n) is 4.83. The smallest absolute Gasteiger partial charge is 0.249 e. The second kappa shape index (κ2) is 7.09. The Morgan fingerprint density at radius 2 is 1.80 bits per heavy atom. The van der Waals surface area contributed by atoms with Crippen molar-refractivity contribution >= 4 is 17.5 Å². The number of hydrogen-bond donors (Lipinski definition) is 0. The van der Waals surface area contributed by atoms with Gasteiger partial charge in [-0.3, -0.25) is 9.59 Å². The molecule has 1 fully saturated rings. The Bertz CT molecular complexity index is 786. The van der Waals surface area contributed by atoms with Crippen LogP contribution in [-0.2, 0) is 16.0 Å². The number of nitrogens with zero attached hydrogens (tertiary/aromatic N) is 2. The average molecular weight is 336 g/mol. The van der Waals surface area contributed by atoms with E-state index in [0.29, 0.717) is 19.5 Å². The zero-order valence-corrected chi connectivity index (χ0v) is 15.0. The van der Waals surface area contributed by atoms with Crippen LogP contribution in [0, 0.1) is 13.8 Å². The quantitative estimate of drug-likeness (QED) is 0.864. The van der Waals surface area contributed by atoms with Gasteiger partial charge in [0.05, 0.1) is 6.42 Å². The second-order valence-electron chi connectivity index (χ2n) is 6.71. The SMILES string of the molecule is Cc1ccc(C)c(N2CCN(C(=O)Cc3ccccc3)C(C)C2=O)c1. The minimum atomic E-state index is -0.440. The van der Waals surface area contributed by atoms with Gasteiger partial charge in [0.25, 0.3) is 0 Å². The number of aryl methyl sites for hydroxylation is 2. The fourth-order valence-corrected chi connectivity index (χ4v) is 3.33. The number of anilines is 1. The largest absolute Gasteiger partial charge is 0.329 e. The Labute approximate surface area is 149 Å². The van der Waals surface area contributed by atoms with Crippen molar-refractivity contribution in [2.75, 3.05) is 18.0 Å². The lowest BCUT2D eigenvalue weighted by molar-refractivity contribution is -0.140. The molecule has 2 aromatic rings. The summed E-state index contributed by atoms with van der Waals surface area (Å²) >= 11 is 0. The molecule has 0 aromatic heterocycles. The topological polar surface area (TPSA) is 40.6 Å². The summed E-state index contributed by atoms with van der Waals surface area (Å²) in [5, 5.41) is 0.